The van der Waals surface area contributed by atoms with Gasteiger partial charge in [0.1, 0.15) is 0 Å². The third-order valence-corrected chi connectivity index (χ3v) is 5.41. The van der Waals surface area contributed by atoms with Crippen molar-refractivity contribution >= 4 is 27.3 Å². The molecule has 0 fully saturated rings. The molecule has 0 saturated heterocycles. The molecular weight excluding hydrogens is 294 g/mol. The lowest BCUT2D eigenvalue weighted by Gasteiger charge is -2.20. The van der Waals surface area contributed by atoms with Gasteiger partial charge in [0.2, 0.25) is 0 Å². The number of halogens is 1. The molecule has 106 valence electrons. The molecule has 5 heteroatoms. The van der Waals surface area contributed by atoms with Crippen LogP contribution in [0.3, 0.4) is 0 Å². The molecule has 20 heavy (non-hydrogen) atoms. The van der Waals surface area contributed by atoms with Gasteiger partial charge in [0, 0.05) is 12.1 Å². The summed E-state index contributed by atoms with van der Waals surface area (Å²) in [4.78, 5) is 0.266. The van der Waals surface area contributed by atoms with Crippen LogP contribution in [0.5, 0.6) is 0 Å². The van der Waals surface area contributed by atoms with Crippen LogP contribution >= 0.6 is 11.6 Å². The van der Waals surface area contributed by atoms with Gasteiger partial charge in [-0.1, -0.05) is 35.4 Å². The van der Waals surface area contributed by atoms with E-state index >= 15 is 0 Å². The predicted octanol–water partition coefficient (Wildman–Crippen LogP) is 3.78. The molecule has 0 heterocycles. The van der Waals surface area contributed by atoms with Gasteiger partial charge >= 0.3 is 0 Å². The molecule has 0 aliphatic rings. The van der Waals surface area contributed by atoms with Crippen LogP contribution in [0.25, 0.3) is 0 Å². The third-order valence-electron chi connectivity index (χ3n) is 3.20. The Bertz CT molecular complexity index is 724. The molecule has 0 spiro atoms. The first kappa shape index (κ1) is 14.9. The van der Waals surface area contributed by atoms with Crippen LogP contribution in [0.4, 0.5) is 5.69 Å². The summed E-state index contributed by atoms with van der Waals surface area (Å²) in [7, 11) is -2.04. The van der Waals surface area contributed by atoms with Gasteiger partial charge in [-0.05, 0) is 43.7 Å². The van der Waals surface area contributed by atoms with Gasteiger partial charge in [-0.3, -0.25) is 4.31 Å². The lowest BCUT2D eigenvalue weighted by atomic mass is 10.2. The van der Waals surface area contributed by atoms with Gasteiger partial charge in [-0.15, -0.1) is 0 Å². The maximum absolute atomic E-state index is 12.5. The predicted molar refractivity (Wildman–Crippen MR) is 83.0 cm³/mol. The molecule has 0 unspecified atom stereocenters. The van der Waals surface area contributed by atoms with Crippen LogP contribution in [0.2, 0.25) is 5.02 Å². The Morgan fingerprint density at radius 2 is 1.60 bits per heavy atom. The van der Waals surface area contributed by atoms with Crippen LogP contribution in [-0.2, 0) is 10.0 Å². The van der Waals surface area contributed by atoms with Crippen LogP contribution < -0.4 is 4.31 Å². The zero-order valence-corrected chi connectivity index (χ0v) is 13.2. The van der Waals surface area contributed by atoms with E-state index in [1.807, 2.05) is 13.8 Å². The number of anilines is 1. The highest BCUT2D eigenvalue weighted by Crippen LogP contribution is 2.26. The summed E-state index contributed by atoms with van der Waals surface area (Å²) < 4.78 is 26.3. The highest BCUT2D eigenvalue weighted by Gasteiger charge is 2.21. The average molecular weight is 310 g/mol. The number of sulfonamides is 1. The average Bonchev–Trinajstić information content (AvgIpc) is 2.41. The Hall–Kier alpha value is -1.52. The first-order chi connectivity index (χ1) is 9.32. The number of aryl methyl sites for hydroxylation is 2. The Kier molecular flexibility index (Phi) is 4.06. The molecule has 0 bridgehead atoms. The number of nitrogens with zero attached hydrogens (tertiary/aromatic N) is 1. The molecule has 0 N–H and O–H groups in total. The van der Waals surface area contributed by atoms with Crippen molar-refractivity contribution in [1.29, 1.82) is 0 Å². The molecule has 0 radical (unpaired) electrons. The summed E-state index contributed by atoms with van der Waals surface area (Å²) in [6.07, 6.45) is 0. The van der Waals surface area contributed by atoms with Crippen molar-refractivity contribution in [2.45, 2.75) is 18.7 Å². The number of rotatable bonds is 3. The van der Waals surface area contributed by atoms with Gasteiger partial charge < -0.3 is 0 Å². The van der Waals surface area contributed by atoms with Crippen LogP contribution in [-0.4, -0.2) is 15.5 Å². The number of hydrogen-bond donors (Lipinski definition) is 0. The molecule has 2 aromatic carbocycles. The topological polar surface area (TPSA) is 37.4 Å². The SMILES string of the molecule is Cc1ccc(S(=O)(=O)N(C)c2ccc(C)c(Cl)c2)cc1. The maximum Gasteiger partial charge on any atom is 0.264 e. The second-order valence-corrected chi connectivity index (χ2v) is 7.10. The van der Waals surface area contributed by atoms with E-state index in [1.165, 1.54) is 11.4 Å². The summed E-state index contributed by atoms with van der Waals surface area (Å²) in [5, 5.41) is 0.549. The van der Waals surface area contributed by atoms with Crippen molar-refractivity contribution in [1.82, 2.24) is 0 Å². The normalized spacial score (nSPS) is 11.4. The van der Waals surface area contributed by atoms with E-state index in [0.29, 0.717) is 10.7 Å². The third kappa shape index (κ3) is 2.81. The van der Waals surface area contributed by atoms with Gasteiger partial charge in [0.25, 0.3) is 10.0 Å². The van der Waals surface area contributed by atoms with E-state index in [-0.39, 0.29) is 4.90 Å². The molecule has 0 saturated carbocycles. The van der Waals surface area contributed by atoms with Crippen LogP contribution in [0, 0.1) is 13.8 Å². The van der Waals surface area contributed by atoms with Crippen molar-refractivity contribution in [2.24, 2.45) is 0 Å². The lowest BCUT2D eigenvalue weighted by molar-refractivity contribution is 0.594. The van der Waals surface area contributed by atoms with Crippen molar-refractivity contribution in [3.63, 3.8) is 0 Å². The van der Waals surface area contributed by atoms with E-state index in [9.17, 15) is 8.42 Å². The minimum absolute atomic E-state index is 0.266. The molecule has 2 aromatic rings. The largest absolute Gasteiger partial charge is 0.269 e. The zero-order valence-electron chi connectivity index (χ0n) is 11.6. The van der Waals surface area contributed by atoms with E-state index in [2.05, 4.69) is 0 Å². The van der Waals surface area contributed by atoms with E-state index in [1.54, 1.807) is 42.5 Å². The standard InChI is InChI=1S/C15H16ClNO2S/c1-11-4-8-14(9-5-11)20(18,19)17(3)13-7-6-12(2)15(16)10-13/h4-10H,1-3H3. The van der Waals surface area contributed by atoms with Crippen molar-refractivity contribution in [3.8, 4) is 0 Å². The van der Waals surface area contributed by atoms with E-state index in [4.69, 9.17) is 11.6 Å². The number of benzene rings is 2. The van der Waals surface area contributed by atoms with Crippen molar-refractivity contribution < 1.29 is 8.42 Å². The Balaban J connectivity index is 2.42. The fraction of sp³-hybridized carbons (Fsp3) is 0.200. The number of hydrogen-bond acceptors (Lipinski definition) is 2. The molecule has 0 aliphatic heterocycles. The summed E-state index contributed by atoms with van der Waals surface area (Å²) in [5.74, 6) is 0. The minimum atomic E-state index is -3.56. The fourth-order valence-electron chi connectivity index (χ4n) is 1.78. The first-order valence-electron chi connectivity index (χ1n) is 6.14. The fourth-order valence-corrected chi connectivity index (χ4v) is 3.15. The molecule has 0 aromatic heterocycles. The summed E-state index contributed by atoms with van der Waals surface area (Å²) in [6, 6.07) is 12.0. The molecule has 0 amide bonds. The second-order valence-electron chi connectivity index (χ2n) is 4.72. The summed E-state index contributed by atoms with van der Waals surface area (Å²) in [6.45, 7) is 3.79. The highest BCUT2D eigenvalue weighted by atomic mass is 35.5. The van der Waals surface area contributed by atoms with E-state index in [0.717, 1.165) is 11.1 Å². The Morgan fingerprint density at radius 1 is 1.00 bits per heavy atom. The lowest BCUT2D eigenvalue weighted by Crippen LogP contribution is -2.26. The zero-order chi connectivity index (χ0) is 14.9. The maximum atomic E-state index is 12.5. The first-order valence-corrected chi connectivity index (χ1v) is 7.96. The Labute approximate surface area is 124 Å². The van der Waals surface area contributed by atoms with Gasteiger partial charge in [0.05, 0.1) is 10.6 Å². The molecule has 0 aliphatic carbocycles. The summed E-state index contributed by atoms with van der Waals surface area (Å²) in [5.41, 5.74) is 2.47. The van der Waals surface area contributed by atoms with Crippen molar-refractivity contribution in [2.75, 3.05) is 11.4 Å². The quantitative estimate of drug-likeness (QED) is 0.865. The van der Waals surface area contributed by atoms with E-state index < -0.39 is 10.0 Å². The monoisotopic (exact) mass is 309 g/mol. The molecule has 0 atom stereocenters. The second kappa shape index (κ2) is 5.46. The van der Waals surface area contributed by atoms with Crippen LogP contribution in [0.1, 0.15) is 11.1 Å². The summed E-state index contributed by atoms with van der Waals surface area (Å²) >= 11 is 6.05. The molecule has 3 nitrogen and oxygen atoms in total. The highest BCUT2D eigenvalue weighted by molar-refractivity contribution is 7.92. The minimum Gasteiger partial charge on any atom is -0.269 e. The smallest absolute Gasteiger partial charge is 0.264 e. The van der Waals surface area contributed by atoms with Gasteiger partial charge in [-0.2, -0.15) is 0 Å². The Morgan fingerprint density at radius 3 is 2.15 bits per heavy atom. The van der Waals surface area contributed by atoms with Gasteiger partial charge in [0.15, 0.2) is 0 Å². The molecule has 2 rings (SSSR count). The van der Waals surface area contributed by atoms with Gasteiger partial charge in [-0.25, -0.2) is 8.42 Å². The molecular formula is C15H16ClNO2S. The van der Waals surface area contributed by atoms with Crippen LogP contribution in [0.15, 0.2) is 47.4 Å². The van der Waals surface area contributed by atoms with Crippen molar-refractivity contribution in [3.05, 3.63) is 58.6 Å².